The molecule has 0 aromatic carbocycles. The molecule has 0 spiro atoms. The number of hydrogen-bond donors (Lipinski definition) is 2. The van der Waals surface area contributed by atoms with E-state index in [4.69, 9.17) is 0 Å². The van der Waals surface area contributed by atoms with Crippen LogP contribution in [0.5, 0.6) is 0 Å². The van der Waals surface area contributed by atoms with Gasteiger partial charge in [-0.15, -0.1) is 11.3 Å². The fourth-order valence-corrected chi connectivity index (χ4v) is 2.85. The summed E-state index contributed by atoms with van der Waals surface area (Å²) in [7, 11) is 0.555. The van der Waals surface area contributed by atoms with Crippen molar-refractivity contribution in [3.63, 3.8) is 0 Å². The molecule has 0 bridgehead atoms. The standard InChI is InChI=1S/C12H23N5O2S2/c1-10-16-11(9-20-10)8-17(3)12(13-2)14-6-5-7-15-21(4,18)19/h9,15H,5-8H2,1-4H3,(H,13,14). The van der Waals surface area contributed by atoms with Gasteiger partial charge in [0.1, 0.15) is 0 Å². The highest BCUT2D eigenvalue weighted by Gasteiger charge is 2.08. The Labute approximate surface area is 130 Å². The van der Waals surface area contributed by atoms with Gasteiger partial charge in [0.2, 0.25) is 10.0 Å². The molecule has 0 atom stereocenters. The third kappa shape index (κ3) is 7.39. The van der Waals surface area contributed by atoms with E-state index in [0.29, 0.717) is 26.1 Å². The number of aromatic nitrogens is 1. The molecule has 0 aliphatic heterocycles. The third-order valence-corrected chi connectivity index (χ3v) is 4.19. The lowest BCUT2D eigenvalue weighted by atomic mass is 10.4. The molecule has 7 nitrogen and oxygen atoms in total. The Balaban J connectivity index is 2.34. The van der Waals surface area contributed by atoms with Gasteiger partial charge in [0.05, 0.1) is 23.5 Å². The topological polar surface area (TPSA) is 86.7 Å². The molecule has 1 aromatic rings. The summed E-state index contributed by atoms with van der Waals surface area (Å²) < 4.78 is 24.3. The molecule has 1 heterocycles. The van der Waals surface area contributed by atoms with Gasteiger partial charge < -0.3 is 10.2 Å². The minimum atomic E-state index is -3.11. The number of thiazole rings is 1. The number of nitrogens with one attached hydrogen (secondary N) is 2. The smallest absolute Gasteiger partial charge is 0.208 e. The van der Waals surface area contributed by atoms with Gasteiger partial charge in [0.25, 0.3) is 0 Å². The molecule has 0 radical (unpaired) electrons. The monoisotopic (exact) mass is 333 g/mol. The molecule has 0 fully saturated rings. The predicted molar refractivity (Wildman–Crippen MR) is 87.1 cm³/mol. The normalized spacial score (nSPS) is 12.5. The molecule has 0 aliphatic rings. The Morgan fingerprint density at radius 3 is 2.71 bits per heavy atom. The largest absolute Gasteiger partial charge is 0.356 e. The number of sulfonamides is 1. The Kier molecular flexibility index (Phi) is 7.06. The molecule has 2 N–H and O–H groups in total. The van der Waals surface area contributed by atoms with Crippen molar-refractivity contribution in [2.24, 2.45) is 4.99 Å². The van der Waals surface area contributed by atoms with Crippen LogP contribution in [-0.4, -0.2) is 57.7 Å². The van der Waals surface area contributed by atoms with Gasteiger partial charge in [-0.25, -0.2) is 18.1 Å². The van der Waals surface area contributed by atoms with E-state index in [9.17, 15) is 8.42 Å². The zero-order valence-corrected chi connectivity index (χ0v) is 14.5. The average molecular weight is 333 g/mol. The van der Waals surface area contributed by atoms with Crippen LogP contribution in [0.2, 0.25) is 0 Å². The molecule has 9 heteroatoms. The van der Waals surface area contributed by atoms with Crippen molar-refractivity contribution in [2.75, 3.05) is 33.4 Å². The molecule has 0 unspecified atom stereocenters. The summed E-state index contributed by atoms with van der Waals surface area (Å²) in [6, 6.07) is 0. The van der Waals surface area contributed by atoms with Crippen LogP contribution in [0.3, 0.4) is 0 Å². The summed E-state index contributed by atoms with van der Waals surface area (Å²) in [5.74, 6) is 0.764. The van der Waals surface area contributed by atoms with Crippen molar-refractivity contribution in [3.8, 4) is 0 Å². The first-order chi connectivity index (χ1) is 9.81. The number of aryl methyl sites for hydroxylation is 1. The predicted octanol–water partition coefficient (Wildman–Crippen LogP) is 0.398. The van der Waals surface area contributed by atoms with Crippen molar-refractivity contribution in [1.82, 2.24) is 19.9 Å². The number of rotatable bonds is 7. The highest BCUT2D eigenvalue weighted by atomic mass is 32.2. The molecule has 21 heavy (non-hydrogen) atoms. The van der Waals surface area contributed by atoms with Gasteiger partial charge in [0.15, 0.2) is 5.96 Å². The lowest BCUT2D eigenvalue weighted by molar-refractivity contribution is 0.469. The van der Waals surface area contributed by atoms with Gasteiger partial charge in [-0.1, -0.05) is 0 Å². The Bertz CT molecular complexity index is 568. The van der Waals surface area contributed by atoms with Gasteiger partial charge in [0, 0.05) is 32.6 Å². The van der Waals surface area contributed by atoms with Crippen molar-refractivity contribution in [1.29, 1.82) is 0 Å². The molecule has 0 saturated carbocycles. The van der Waals surface area contributed by atoms with Gasteiger partial charge in [-0.05, 0) is 13.3 Å². The molecule has 120 valence electrons. The number of guanidine groups is 1. The Morgan fingerprint density at radius 1 is 1.48 bits per heavy atom. The lowest BCUT2D eigenvalue weighted by Gasteiger charge is -2.21. The number of aliphatic imine (C=N–C) groups is 1. The van der Waals surface area contributed by atoms with Gasteiger partial charge in [-0.3, -0.25) is 4.99 Å². The van der Waals surface area contributed by atoms with Crippen LogP contribution in [0, 0.1) is 6.92 Å². The van der Waals surface area contributed by atoms with Crippen LogP contribution in [0.15, 0.2) is 10.4 Å². The Hall–Kier alpha value is -1.19. The fraction of sp³-hybridized carbons (Fsp3) is 0.667. The van der Waals surface area contributed by atoms with E-state index in [2.05, 4.69) is 20.0 Å². The average Bonchev–Trinajstić information content (AvgIpc) is 2.77. The summed E-state index contributed by atoms with van der Waals surface area (Å²) in [4.78, 5) is 10.6. The third-order valence-electron chi connectivity index (χ3n) is 2.64. The van der Waals surface area contributed by atoms with E-state index in [-0.39, 0.29) is 0 Å². The minimum absolute atomic E-state index is 0.415. The lowest BCUT2D eigenvalue weighted by Crippen LogP contribution is -2.39. The van der Waals surface area contributed by atoms with Crippen LogP contribution in [0.1, 0.15) is 17.1 Å². The summed E-state index contributed by atoms with van der Waals surface area (Å²) >= 11 is 1.63. The molecule has 0 amide bonds. The SMILES string of the molecule is CN=C(NCCCNS(C)(=O)=O)N(C)Cc1csc(C)n1. The molecule has 1 aromatic heterocycles. The second kappa shape index (κ2) is 8.30. The first-order valence-corrected chi connectivity index (χ1v) is 9.36. The number of nitrogens with zero attached hydrogens (tertiary/aromatic N) is 3. The van der Waals surface area contributed by atoms with Crippen LogP contribution >= 0.6 is 11.3 Å². The second-order valence-corrected chi connectivity index (χ2v) is 7.60. The van der Waals surface area contributed by atoms with E-state index in [0.717, 1.165) is 22.9 Å². The maximum Gasteiger partial charge on any atom is 0.208 e. The van der Waals surface area contributed by atoms with E-state index in [1.165, 1.54) is 0 Å². The van der Waals surface area contributed by atoms with E-state index in [1.807, 2.05) is 24.3 Å². The number of hydrogen-bond acceptors (Lipinski definition) is 5. The van der Waals surface area contributed by atoms with Crippen molar-refractivity contribution < 1.29 is 8.42 Å². The van der Waals surface area contributed by atoms with Crippen molar-refractivity contribution in [2.45, 2.75) is 19.9 Å². The van der Waals surface area contributed by atoms with Crippen molar-refractivity contribution >= 4 is 27.3 Å². The van der Waals surface area contributed by atoms with E-state index >= 15 is 0 Å². The van der Waals surface area contributed by atoms with Crippen LogP contribution in [0.25, 0.3) is 0 Å². The quantitative estimate of drug-likeness (QED) is 0.428. The maximum atomic E-state index is 10.9. The summed E-state index contributed by atoms with van der Waals surface area (Å²) in [6.45, 7) is 3.73. The van der Waals surface area contributed by atoms with Crippen LogP contribution < -0.4 is 10.0 Å². The minimum Gasteiger partial charge on any atom is -0.356 e. The summed E-state index contributed by atoms with van der Waals surface area (Å²) in [5, 5.41) is 6.29. The first kappa shape index (κ1) is 17.9. The highest BCUT2D eigenvalue weighted by Crippen LogP contribution is 2.09. The second-order valence-electron chi connectivity index (χ2n) is 4.71. The molecular weight excluding hydrogens is 310 g/mol. The Morgan fingerprint density at radius 2 is 2.19 bits per heavy atom. The highest BCUT2D eigenvalue weighted by molar-refractivity contribution is 7.88. The fourth-order valence-electron chi connectivity index (χ4n) is 1.73. The molecule has 0 aliphatic carbocycles. The maximum absolute atomic E-state index is 10.9. The zero-order valence-electron chi connectivity index (χ0n) is 12.9. The van der Waals surface area contributed by atoms with Crippen LogP contribution in [0.4, 0.5) is 0 Å². The van der Waals surface area contributed by atoms with Gasteiger partial charge >= 0.3 is 0 Å². The van der Waals surface area contributed by atoms with Crippen LogP contribution in [-0.2, 0) is 16.6 Å². The molecule has 0 saturated heterocycles. The zero-order chi connectivity index (χ0) is 15.9. The molecular formula is C12H23N5O2S2. The molecule has 1 rings (SSSR count). The van der Waals surface area contributed by atoms with E-state index in [1.54, 1.807) is 18.4 Å². The summed E-state index contributed by atoms with van der Waals surface area (Å²) in [5.41, 5.74) is 1.02. The van der Waals surface area contributed by atoms with E-state index < -0.39 is 10.0 Å². The van der Waals surface area contributed by atoms with Crippen molar-refractivity contribution in [3.05, 3.63) is 16.1 Å². The van der Waals surface area contributed by atoms with Gasteiger partial charge in [-0.2, -0.15) is 0 Å². The first-order valence-electron chi connectivity index (χ1n) is 6.59. The summed E-state index contributed by atoms with van der Waals surface area (Å²) in [6.07, 6.45) is 1.85.